The second kappa shape index (κ2) is 6.90. The van der Waals surface area contributed by atoms with Crippen molar-refractivity contribution in [1.82, 2.24) is 5.32 Å². The van der Waals surface area contributed by atoms with Crippen molar-refractivity contribution in [3.8, 4) is 0 Å². The van der Waals surface area contributed by atoms with Crippen LogP contribution >= 0.6 is 22.6 Å². The van der Waals surface area contributed by atoms with Gasteiger partial charge in [-0.15, -0.1) is 0 Å². The Morgan fingerprint density at radius 1 is 1.26 bits per heavy atom. The highest BCUT2D eigenvalue weighted by Crippen LogP contribution is 2.15. The molecular weight excluding hydrogens is 375 g/mol. The number of sulfonamides is 1. The van der Waals surface area contributed by atoms with Crippen LogP contribution in [0.3, 0.4) is 0 Å². The van der Waals surface area contributed by atoms with Crippen molar-refractivity contribution in [2.75, 3.05) is 17.0 Å². The molecule has 0 bridgehead atoms. The van der Waals surface area contributed by atoms with Crippen LogP contribution in [0.4, 0.5) is 5.69 Å². The lowest BCUT2D eigenvalue weighted by molar-refractivity contribution is 0.393. The van der Waals surface area contributed by atoms with Crippen molar-refractivity contribution in [2.45, 2.75) is 31.7 Å². The normalized spacial score (nSPS) is 20.2. The zero-order valence-electron chi connectivity index (χ0n) is 10.7. The molecule has 0 amide bonds. The van der Waals surface area contributed by atoms with Gasteiger partial charge in [0.1, 0.15) is 0 Å². The molecule has 106 valence electrons. The molecule has 1 aromatic carbocycles. The quantitative estimate of drug-likeness (QED) is 0.755. The number of anilines is 1. The number of piperidine rings is 1. The van der Waals surface area contributed by atoms with E-state index in [9.17, 15) is 8.42 Å². The Kier molecular flexibility index (Phi) is 5.47. The summed E-state index contributed by atoms with van der Waals surface area (Å²) < 4.78 is 27.7. The zero-order chi connectivity index (χ0) is 13.7. The van der Waals surface area contributed by atoms with Gasteiger partial charge in [-0.3, -0.25) is 4.72 Å². The van der Waals surface area contributed by atoms with E-state index < -0.39 is 10.0 Å². The fourth-order valence-electron chi connectivity index (χ4n) is 2.22. The summed E-state index contributed by atoms with van der Waals surface area (Å²) in [6.07, 6.45) is 4.16. The minimum absolute atomic E-state index is 0.177. The first-order valence-corrected chi connectivity index (χ1v) is 9.28. The summed E-state index contributed by atoms with van der Waals surface area (Å²) in [4.78, 5) is 0. The summed E-state index contributed by atoms with van der Waals surface area (Å²) in [5.74, 6) is 0.177. The van der Waals surface area contributed by atoms with Gasteiger partial charge in [-0.25, -0.2) is 8.42 Å². The SMILES string of the molecule is O=S(=O)(CCC1CCCCN1)Nc1ccc(I)cc1. The summed E-state index contributed by atoms with van der Waals surface area (Å²) in [5.41, 5.74) is 0.636. The average molecular weight is 394 g/mol. The average Bonchev–Trinajstić information content (AvgIpc) is 2.40. The van der Waals surface area contributed by atoms with Crippen LogP contribution in [-0.4, -0.2) is 26.8 Å². The van der Waals surface area contributed by atoms with Gasteiger partial charge in [0, 0.05) is 15.3 Å². The minimum Gasteiger partial charge on any atom is -0.314 e. The van der Waals surface area contributed by atoms with E-state index in [1.54, 1.807) is 12.1 Å². The van der Waals surface area contributed by atoms with E-state index in [2.05, 4.69) is 32.6 Å². The third-order valence-electron chi connectivity index (χ3n) is 3.26. The van der Waals surface area contributed by atoms with Crippen LogP contribution in [0, 0.1) is 3.57 Å². The molecule has 1 aromatic rings. The van der Waals surface area contributed by atoms with Gasteiger partial charge in [0.05, 0.1) is 5.75 Å². The molecule has 6 heteroatoms. The van der Waals surface area contributed by atoms with E-state index in [1.165, 1.54) is 12.8 Å². The maximum absolute atomic E-state index is 12.0. The molecule has 2 rings (SSSR count). The largest absolute Gasteiger partial charge is 0.314 e. The maximum Gasteiger partial charge on any atom is 0.232 e. The first-order valence-electron chi connectivity index (χ1n) is 6.55. The van der Waals surface area contributed by atoms with Crippen molar-refractivity contribution < 1.29 is 8.42 Å². The fraction of sp³-hybridized carbons (Fsp3) is 0.538. The Morgan fingerprint density at radius 2 is 2.00 bits per heavy atom. The molecule has 1 heterocycles. The predicted octanol–water partition coefficient (Wildman–Crippen LogP) is 2.57. The van der Waals surface area contributed by atoms with E-state index in [0.29, 0.717) is 18.2 Å². The minimum atomic E-state index is -3.24. The van der Waals surface area contributed by atoms with Crippen molar-refractivity contribution in [1.29, 1.82) is 0 Å². The molecule has 1 saturated heterocycles. The summed E-state index contributed by atoms with van der Waals surface area (Å²) in [6.45, 7) is 1.01. The van der Waals surface area contributed by atoms with E-state index in [4.69, 9.17) is 0 Å². The summed E-state index contributed by atoms with van der Waals surface area (Å²) >= 11 is 2.19. The van der Waals surface area contributed by atoms with Crippen molar-refractivity contribution in [3.05, 3.63) is 27.8 Å². The maximum atomic E-state index is 12.0. The van der Waals surface area contributed by atoms with E-state index in [1.807, 2.05) is 12.1 Å². The fourth-order valence-corrected chi connectivity index (χ4v) is 3.77. The summed E-state index contributed by atoms with van der Waals surface area (Å²) in [5, 5.41) is 3.37. The summed E-state index contributed by atoms with van der Waals surface area (Å²) in [7, 11) is -3.24. The first-order chi connectivity index (χ1) is 9.05. The molecule has 1 fully saturated rings. The smallest absolute Gasteiger partial charge is 0.232 e. The highest BCUT2D eigenvalue weighted by molar-refractivity contribution is 14.1. The van der Waals surface area contributed by atoms with Gasteiger partial charge in [0.15, 0.2) is 0 Å². The Labute approximate surface area is 128 Å². The van der Waals surface area contributed by atoms with Crippen molar-refractivity contribution in [2.24, 2.45) is 0 Å². The molecule has 4 nitrogen and oxygen atoms in total. The highest BCUT2D eigenvalue weighted by atomic mass is 127. The van der Waals surface area contributed by atoms with Crippen LogP contribution in [0.15, 0.2) is 24.3 Å². The molecule has 0 spiro atoms. The number of hydrogen-bond donors (Lipinski definition) is 2. The molecule has 0 radical (unpaired) electrons. The highest BCUT2D eigenvalue weighted by Gasteiger charge is 2.17. The lowest BCUT2D eigenvalue weighted by Crippen LogP contribution is -2.36. The molecule has 0 saturated carbocycles. The Morgan fingerprint density at radius 3 is 2.63 bits per heavy atom. The second-order valence-corrected chi connectivity index (χ2v) is 7.95. The molecule has 1 aliphatic heterocycles. The van der Waals surface area contributed by atoms with Crippen LogP contribution < -0.4 is 10.0 Å². The van der Waals surface area contributed by atoms with E-state index in [0.717, 1.165) is 16.5 Å². The predicted molar refractivity (Wildman–Crippen MR) is 86.8 cm³/mol. The Bertz CT molecular complexity index is 496. The van der Waals surface area contributed by atoms with Crippen LogP contribution in [0.5, 0.6) is 0 Å². The standard InChI is InChI=1S/C13H19IN2O2S/c14-11-4-6-13(7-5-11)16-19(17,18)10-8-12-3-1-2-9-15-12/h4-7,12,15-16H,1-3,8-10H2. The van der Waals surface area contributed by atoms with Gasteiger partial charge in [-0.2, -0.15) is 0 Å². The Balaban J connectivity index is 1.85. The first kappa shape index (κ1) is 15.1. The monoisotopic (exact) mass is 394 g/mol. The lowest BCUT2D eigenvalue weighted by Gasteiger charge is -2.23. The van der Waals surface area contributed by atoms with Gasteiger partial charge in [0.25, 0.3) is 0 Å². The Hall–Kier alpha value is -0.340. The number of hydrogen-bond acceptors (Lipinski definition) is 3. The van der Waals surface area contributed by atoms with Crippen molar-refractivity contribution >= 4 is 38.3 Å². The van der Waals surface area contributed by atoms with Gasteiger partial charge in [0.2, 0.25) is 10.0 Å². The van der Waals surface area contributed by atoms with E-state index >= 15 is 0 Å². The third kappa shape index (κ3) is 5.27. The number of rotatable bonds is 5. The summed E-state index contributed by atoms with van der Waals surface area (Å²) in [6, 6.07) is 7.71. The lowest BCUT2D eigenvalue weighted by atomic mass is 10.0. The van der Waals surface area contributed by atoms with Gasteiger partial charge in [-0.05, 0) is 72.7 Å². The molecular formula is C13H19IN2O2S. The zero-order valence-corrected chi connectivity index (χ0v) is 13.7. The van der Waals surface area contributed by atoms with Crippen LogP contribution in [0.2, 0.25) is 0 Å². The number of nitrogens with one attached hydrogen (secondary N) is 2. The third-order valence-corrected chi connectivity index (χ3v) is 5.30. The van der Waals surface area contributed by atoms with Crippen LogP contribution in [0.25, 0.3) is 0 Å². The molecule has 0 aromatic heterocycles. The molecule has 1 unspecified atom stereocenters. The topological polar surface area (TPSA) is 58.2 Å². The molecule has 0 aliphatic carbocycles. The number of halogens is 1. The van der Waals surface area contributed by atoms with Gasteiger partial charge in [-0.1, -0.05) is 6.42 Å². The molecule has 1 aliphatic rings. The molecule has 19 heavy (non-hydrogen) atoms. The second-order valence-electron chi connectivity index (χ2n) is 4.86. The molecule has 1 atom stereocenters. The van der Waals surface area contributed by atoms with Gasteiger partial charge < -0.3 is 5.32 Å². The van der Waals surface area contributed by atoms with Crippen LogP contribution in [-0.2, 0) is 10.0 Å². The van der Waals surface area contributed by atoms with E-state index in [-0.39, 0.29) is 5.75 Å². The van der Waals surface area contributed by atoms with Crippen molar-refractivity contribution in [3.63, 3.8) is 0 Å². The van der Waals surface area contributed by atoms with Gasteiger partial charge >= 0.3 is 0 Å². The molecule has 2 N–H and O–H groups in total. The van der Waals surface area contributed by atoms with Crippen LogP contribution in [0.1, 0.15) is 25.7 Å². The number of benzene rings is 1.